The lowest BCUT2D eigenvalue weighted by molar-refractivity contribution is -0.157. The van der Waals surface area contributed by atoms with Crippen molar-refractivity contribution in [2.45, 2.75) is 31.7 Å². The van der Waals surface area contributed by atoms with Gasteiger partial charge < -0.3 is 4.90 Å². The van der Waals surface area contributed by atoms with Crippen molar-refractivity contribution in [1.82, 2.24) is 9.80 Å². The first-order valence-electron chi connectivity index (χ1n) is 8.07. The maximum atomic E-state index is 13.7. The second-order valence-electron chi connectivity index (χ2n) is 5.96. The van der Waals surface area contributed by atoms with Gasteiger partial charge in [0, 0.05) is 39.1 Å². The predicted octanol–water partition coefficient (Wildman–Crippen LogP) is 3.32. The molecule has 0 atom stereocenters. The lowest BCUT2D eigenvalue weighted by atomic mass is 10.1. The van der Waals surface area contributed by atoms with E-state index in [-0.39, 0.29) is 0 Å². The van der Waals surface area contributed by atoms with Crippen LogP contribution in [-0.2, 0) is 11.3 Å². The van der Waals surface area contributed by atoms with Crippen LogP contribution in [0.1, 0.15) is 24.8 Å². The van der Waals surface area contributed by atoms with Gasteiger partial charge in [0.05, 0.1) is 0 Å². The Bertz CT molecular complexity index is 509. The van der Waals surface area contributed by atoms with Crippen LogP contribution in [0.2, 0.25) is 0 Å². The van der Waals surface area contributed by atoms with Crippen molar-refractivity contribution in [3.8, 4) is 0 Å². The third-order valence-electron chi connectivity index (χ3n) is 4.05. The van der Waals surface area contributed by atoms with Gasteiger partial charge in [-0.25, -0.2) is 0 Å². The molecule has 1 amide bonds. The van der Waals surface area contributed by atoms with Crippen molar-refractivity contribution in [3.05, 3.63) is 48.6 Å². The van der Waals surface area contributed by atoms with Crippen molar-refractivity contribution in [2.75, 3.05) is 26.2 Å². The fourth-order valence-corrected chi connectivity index (χ4v) is 2.90. The Kier molecular flexibility index (Phi) is 6.28. The Balaban J connectivity index is 1.87. The van der Waals surface area contributed by atoms with E-state index in [1.165, 1.54) is 10.5 Å². The standard InChI is InChI=1S/C18H24F2N2O/c1-2-10-18(19,20)17(23)22-13-6-11-21(12-7-14-22)15-16-8-4-3-5-9-16/h2-5,8-9H,1,6-7,10-15H2. The third kappa shape index (κ3) is 5.13. The molecule has 1 aliphatic heterocycles. The number of allylic oxidation sites excluding steroid dienone is 1. The summed E-state index contributed by atoms with van der Waals surface area (Å²) in [6, 6.07) is 10.2. The molecule has 1 aromatic rings. The molecule has 1 aliphatic rings. The van der Waals surface area contributed by atoms with Gasteiger partial charge in [0.2, 0.25) is 0 Å². The second-order valence-corrected chi connectivity index (χ2v) is 5.96. The summed E-state index contributed by atoms with van der Waals surface area (Å²) < 4.78 is 27.5. The lowest BCUT2D eigenvalue weighted by Gasteiger charge is -2.32. The van der Waals surface area contributed by atoms with Gasteiger partial charge in [0.15, 0.2) is 0 Å². The third-order valence-corrected chi connectivity index (χ3v) is 4.05. The minimum absolute atomic E-state index is 0.386. The molecule has 126 valence electrons. The maximum Gasteiger partial charge on any atom is 0.328 e. The number of amides is 1. The number of hydrogen-bond donors (Lipinski definition) is 0. The predicted molar refractivity (Wildman–Crippen MR) is 87.3 cm³/mol. The topological polar surface area (TPSA) is 23.6 Å². The second kappa shape index (κ2) is 8.20. The van der Waals surface area contributed by atoms with Crippen molar-refractivity contribution in [2.24, 2.45) is 0 Å². The summed E-state index contributed by atoms with van der Waals surface area (Å²) in [5.74, 6) is -4.39. The Morgan fingerprint density at radius 2 is 1.74 bits per heavy atom. The molecule has 3 nitrogen and oxygen atoms in total. The zero-order valence-corrected chi connectivity index (χ0v) is 13.4. The Morgan fingerprint density at radius 3 is 2.30 bits per heavy atom. The van der Waals surface area contributed by atoms with E-state index >= 15 is 0 Å². The number of benzene rings is 1. The van der Waals surface area contributed by atoms with Gasteiger partial charge in [0.25, 0.3) is 5.91 Å². The quantitative estimate of drug-likeness (QED) is 0.777. The first-order valence-corrected chi connectivity index (χ1v) is 8.07. The van der Waals surface area contributed by atoms with E-state index in [1.807, 2.05) is 18.2 Å². The lowest BCUT2D eigenvalue weighted by Crippen LogP contribution is -2.46. The van der Waals surface area contributed by atoms with Gasteiger partial charge in [-0.1, -0.05) is 36.4 Å². The summed E-state index contributed by atoms with van der Waals surface area (Å²) in [4.78, 5) is 15.6. The molecule has 0 aliphatic carbocycles. The van der Waals surface area contributed by atoms with Crippen LogP contribution in [0.25, 0.3) is 0 Å². The molecule has 1 heterocycles. The van der Waals surface area contributed by atoms with E-state index in [1.54, 1.807) is 0 Å². The molecule has 23 heavy (non-hydrogen) atoms. The van der Waals surface area contributed by atoms with Crippen LogP contribution in [0.5, 0.6) is 0 Å². The Labute approximate surface area is 136 Å². The van der Waals surface area contributed by atoms with Crippen LogP contribution < -0.4 is 0 Å². The average molecular weight is 322 g/mol. The summed E-state index contributed by atoms with van der Waals surface area (Å²) in [5.41, 5.74) is 1.25. The average Bonchev–Trinajstić information content (AvgIpc) is 2.50. The van der Waals surface area contributed by atoms with E-state index in [2.05, 4.69) is 23.6 Å². The molecule has 0 spiro atoms. The highest BCUT2D eigenvalue weighted by atomic mass is 19.3. The number of carbonyl (C=O) groups is 1. The zero-order chi connectivity index (χ0) is 16.7. The van der Waals surface area contributed by atoms with E-state index < -0.39 is 18.3 Å². The van der Waals surface area contributed by atoms with Crippen molar-refractivity contribution < 1.29 is 13.6 Å². The number of nitrogens with zero attached hydrogens (tertiary/aromatic N) is 2. The van der Waals surface area contributed by atoms with Crippen LogP contribution in [0, 0.1) is 0 Å². The minimum atomic E-state index is -3.33. The molecule has 0 unspecified atom stereocenters. The van der Waals surface area contributed by atoms with Crippen molar-refractivity contribution in [3.63, 3.8) is 0 Å². The summed E-state index contributed by atoms with van der Waals surface area (Å²) >= 11 is 0. The Hall–Kier alpha value is -1.75. The molecule has 1 aromatic carbocycles. The van der Waals surface area contributed by atoms with Crippen molar-refractivity contribution >= 4 is 5.91 Å². The molecule has 1 saturated heterocycles. The number of halogens is 2. The van der Waals surface area contributed by atoms with Gasteiger partial charge in [-0.3, -0.25) is 9.69 Å². The molecule has 0 aromatic heterocycles. The SMILES string of the molecule is C=CCC(F)(F)C(=O)N1CCCN(Cc2ccccc2)CCC1. The van der Waals surface area contributed by atoms with Crippen LogP contribution in [0.3, 0.4) is 0 Å². The molecule has 0 saturated carbocycles. The first kappa shape index (κ1) is 17.6. The number of rotatable bonds is 5. The molecule has 1 fully saturated rings. The summed E-state index contributed by atoms with van der Waals surface area (Å²) in [7, 11) is 0. The number of alkyl halides is 2. The van der Waals surface area contributed by atoms with Gasteiger partial charge >= 0.3 is 5.92 Å². The van der Waals surface area contributed by atoms with Gasteiger partial charge in [-0.15, -0.1) is 6.58 Å². The fourth-order valence-electron chi connectivity index (χ4n) is 2.90. The van der Waals surface area contributed by atoms with Gasteiger partial charge in [-0.2, -0.15) is 8.78 Å². The zero-order valence-electron chi connectivity index (χ0n) is 13.4. The largest absolute Gasteiger partial charge is 0.337 e. The van der Waals surface area contributed by atoms with E-state index in [4.69, 9.17) is 0 Å². The number of carbonyl (C=O) groups excluding carboxylic acids is 1. The van der Waals surface area contributed by atoms with Crippen molar-refractivity contribution in [1.29, 1.82) is 0 Å². The van der Waals surface area contributed by atoms with E-state index in [0.29, 0.717) is 25.9 Å². The fraction of sp³-hybridized carbons (Fsp3) is 0.500. The molecular formula is C18H24F2N2O. The maximum absolute atomic E-state index is 13.7. The molecule has 0 radical (unpaired) electrons. The highest BCUT2D eigenvalue weighted by Crippen LogP contribution is 2.23. The molecule has 2 rings (SSSR count). The molecule has 5 heteroatoms. The molecular weight excluding hydrogens is 298 g/mol. The van der Waals surface area contributed by atoms with E-state index in [9.17, 15) is 13.6 Å². The molecule has 0 bridgehead atoms. The van der Waals surface area contributed by atoms with Crippen LogP contribution >= 0.6 is 0 Å². The molecule has 0 N–H and O–H groups in total. The van der Waals surface area contributed by atoms with Gasteiger partial charge in [0.1, 0.15) is 0 Å². The monoisotopic (exact) mass is 322 g/mol. The number of hydrogen-bond acceptors (Lipinski definition) is 2. The highest BCUT2D eigenvalue weighted by molar-refractivity contribution is 5.83. The highest BCUT2D eigenvalue weighted by Gasteiger charge is 2.40. The van der Waals surface area contributed by atoms with E-state index in [0.717, 1.165) is 25.7 Å². The smallest absolute Gasteiger partial charge is 0.328 e. The van der Waals surface area contributed by atoms with Crippen LogP contribution in [0.4, 0.5) is 8.78 Å². The summed E-state index contributed by atoms with van der Waals surface area (Å²) in [5, 5.41) is 0. The first-order chi connectivity index (χ1) is 11.0. The van der Waals surface area contributed by atoms with Gasteiger partial charge in [-0.05, 0) is 18.4 Å². The Morgan fingerprint density at radius 1 is 1.13 bits per heavy atom. The van der Waals surface area contributed by atoms with Crippen LogP contribution in [0.15, 0.2) is 43.0 Å². The summed E-state index contributed by atoms with van der Waals surface area (Å²) in [6.07, 6.45) is 1.93. The normalized spacial score (nSPS) is 17.4. The summed E-state index contributed by atoms with van der Waals surface area (Å²) in [6.45, 7) is 6.56. The van der Waals surface area contributed by atoms with Crippen LogP contribution in [-0.4, -0.2) is 47.8 Å². The minimum Gasteiger partial charge on any atom is -0.337 e.